The van der Waals surface area contributed by atoms with Crippen LogP contribution in [-0.4, -0.2) is 0 Å². The first-order valence-electron chi connectivity index (χ1n) is 7.56. The van der Waals surface area contributed by atoms with Gasteiger partial charge in [0.25, 0.3) is 0 Å². The molecule has 0 radical (unpaired) electrons. The van der Waals surface area contributed by atoms with Crippen molar-refractivity contribution >= 4 is 27.8 Å². The van der Waals surface area contributed by atoms with E-state index in [0.717, 1.165) is 29.5 Å². The van der Waals surface area contributed by atoms with Gasteiger partial charge >= 0.3 is 0 Å². The van der Waals surface area contributed by atoms with Crippen LogP contribution in [0, 0.1) is 0 Å². The van der Waals surface area contributed by atoms with Gasteiger partial charge in [0, 0.05) is 0 Å². The fourth-order valence-corrected chi connectivity index (χ4v) is 4.44. The minimum absolute atomic E-state index is 0.859. The van der Waals surface area contributed by atoms with Gasteiger partial charge in [0.1, 0.15) is 0 Å². The van der Waals surface area contributed by atoms with Gasteiger partial charge in [-0.25, -0.2) is 0 Å². The molecule has 0 saturated heterocycles. The Morgan fingerprint density at radius 2 is 0.818 bits per heavy atom. The molecule has 0 spiro atoms. The molecular weight excluding hydrogens is 302 g/mol. The van der Waals surface area contributed by atoms with Crippen LogP contribution in [0.4, 0.5) is 0 Å². The van der Waals surface area contributed by atoms with Gasteiger partial charge in [0.2, 0.25) is 0 Å². The smallest absolute Gasteiger partial charge is 0.00602 e. The number of hydrogen-bond acceptors (Lipinski definition) is 0. The van der Waals surface area contributed by atoms with Gasteiger partial charge in [-0.3, -0.25) is 0 Å². The summed E-state index contributed by atoms with van der Waals surface area (Å²) in [7, 11) is 1.72. The minimum atomic E-state index is 0.859. The van der Waals surface area contributed by atoms with Crippen LogP contribution >= 0.6 is 17.2 Å². The van der Waals surface area contributed by atoms with E-state index in [2.05, 4.69) is 84.9 Å². The summed E-state index contributed by atoms with van der Waals surface area (Å²) in [6, 6.07) is 30.7. The van der Waals surface area contributed by atoms with E-state index in [4.69, 9.17) is 0 Å². The number of benzene rings is 3. The molecule has 3 aromatic carbocycles. The summed E-state index contributed by atoms with van der Waals surface area (Å²) in [6.45, 7) is 0. The highest BCUT2D eigenvalue weighted by atomic mass is 31.1. The van der Waals surface area contributed by atoms with E-state index in [-0.39, 0.29) is 0 Å². The summed E-state index contributed by atoms with van der Waals surface area (Å²) in [5.74, 6) is 0. The van der Waals surface area contributed by atoms with Gasteiger partial charge < -0.3 is 0 Å². The van der Waals surface area contributed by atoms with Crippen LogP contribution in [0.1, 0.15) is 11.1 Å². The molecule has 22 heavy (non-hydrogen) atoms. The van der Waals surface area contributed by atoms with Gasteiger partial charge in [-0.15, -0.1) is 0 Å². The highest BCUT2D eigenvalue weighted by Crippen LogP contribution is 2.21. The third kappa shape index (κ3) is 4.77. The molecule has 0 aliphatic heterocycles. The summed E-state index contributed by atoms with van der Waals surface area (Å²) < 4.78 is 0. The molecule has 0 N–H and O–H groups in total. The van der Waals surface area contributed by atoms with Crippen molar-refractivity contribution in [1.82, 2.24) is 0 Å². The van der Waals surface area contributed by atoms with Crippen molar-refractivity contribution in [1.29, 1.82) is 0 Å². The van der Waals surface area contributed by atoms with Crippen LogP contribution < -0.4 is 10.6 Å². The predicted molar refractivity (Wildman–Crippen MR) is 103 cm³/mol. The van der Waals surface area contributed by atoms with Crippen LogP contribution in [-0.2, 0) is 12.3 Å². The average molecular weight is 322 g/mol. The lowest BCUT2D eigenvalue weighted by atomic mass is 10.2. The lowest BCUT2D eigenvalue weighted by molar-refractivity contribution is 1.34. The van der Waals surface area contributed by atoms with E-state index in [0.29, 0.717) is 0 Å². The molecule has 2 atom stereocenters. The first-order valence-corrected chi connectivity index (χ1v) is 9.97. The minimum Gasteiger partial charge on any atom is -0.0859 e. The molecule has 0 aromatic heterocycles. The number of hydrogen-bond donors (Lipinski definition) is 0. The summed E-state index contributed by atoms with van der Waals surface area (Å²) in [5, 5.41) is 2.88. The maximum Gasteiger partial charge on any atom is -0.00602 e. The first kappa shape index (κ1) is 15.4. The topological polar surface area (TPSA) is 0 Å². The van der Waals surface area contributed by atoms with E-state index in [1.807, 2.05) is 0 Å². The van der Waals surface area contributed by atoms with Crippen molar-refractivity contribution < 1.29 is 0 Å². The highest BCUT2D eigenvalue weighted by Gasteiger charge is 1.98. The van der Waals surface area contributed by atoms with E-state index in [1.54, 1.807) is 0 Å². The molecule has 0 aliphatic carbocycles. The zero-order chi connectivity index (χ0) is 15.0. The Balaban J connectivity index is 1.52. The monoisotopic (exact) mass is 322 g/mol. The Morgan fingerprint density at radius 3 is 1.18 bits per heavy atom. The van der Waals surface area contributed by atoms with E-state index >= 15 is 0 Å². The Hall–Kier alpha value is -1.48. The summed E-state index contributed by atoms with van der Waals surface area (Å²) in [6.07, 6.45) is 2.29. The van der Waals surface area contributed by atoms with Crippen LogP contribution in [0.3, 0.4) is 0 Å². The van der Waals surface area contributed by atoms with Crippen LogP contribution in [0.15, 0.2) is 84.9 Å². The number of rotatable bonds is 6. The molecule has 2 unspecified atom stereocenters. The molecule has 0 aliphatic rings. The lowest BCUT2D eigenvalue weighted by Gasteiger charge is -2.05. The molecule has 0 bridgehead atoms. The van der Waals surface area contributed by atoms with Crippen molar-refractivity contribution in [3.8, 4) is 0 Å². The fraction of sp³-hybridized carbons (Fsp3) is 0.100. The molecule has 0 nitrogen and oxygen atoms in total. The van der Waals surface area contributed by atoms with Gasteiger partial charge in [-0.1, -0.05) is 102 Å². The van der Waals surface area contributed by atoms with E-state index < -0.39 is 0 Å². The van der Waals surface area contributed by atoms with Crippen molar-refractivity contribution in [2.45, 2.75) is 12.3 Å². The zero-order valence-corrected chi connectivity index (χ0v) is 14.5. The molecule has 2 heteroatoms. The standard InChI is InChI=1S/C20H20P2/c1-3-7-19(8-4-1)21-15-17-11-13-18(14-12-17)16-22-20-9-5-2-6-10-20/h1-14,21-22H,15-16H2. The van der Waals surface area contributed by atoms with Crippen LogP contribution in [0.25, 0.3) is 0 Å². The Morgan fingerprint density at radius 1 is 0.455 bits per heavy atom. The molecule has 110 valence electrons. The van der Waals surface area contributed by atoms with Gasteiger partial charge in [0.05, 0.1) is 0 Å². The second kappa shape index (κ2) is 8.23. The maximum absolute atomic E-state index is 2.29. The summed E-state index contributed by atoms with van der Waals surface area (Å²) >= 11 is 0. The Kier molecular flexibility index (Phi) is 5.77. The quantitative estimate of drug-likeness (QED) is 0.577. The Bertz CT molecular complexity index is 613. The molecule has 3 rings (SSSR count). The Labute approximate surface area is 136 Å². The second-order valence-electron chi connectivity index (χ2n) is 5.26. The van der Waals surface area contributed by atoms with Crippen molar-refractivity contribution in [2.75, 3.05) is 0 Å². The van der Waals surface area contributed by atoms with Gasteiger partial charge in [-0.2, -0.15) is 0 Å². The summed E-state index contributed by atoms with van der Waals surface area (Å²) in [4.78, 5) is 0. The van der Waals surface area contributed by atoms with Crippen LogP contribution in [0.5, 0.6) is 0 Å². The summed E-state index contributed by atoms with van der Waals surface area (Å²) in [5.41, 5.74) is 2.88. The first-order chi connectivity index (χ1) is 10.9. The second-order valence-corrected chi connectivity index (χ2v) is 7.82. The van der Waals surface area contributed by atoms with Gasteiger partial charge in [-0.05, 0) is 34.1 Å². The molecule has 3 aromatic rings. The third-order valence-electron chi connectivity index (χ3n) is 3.56. The van der Waals surface area contributed by atoms with Crippen molar-refractivity contribution in [2.24, 2.45) is 0 Å². The molecular formula is C20H20P2. The molecule has 0 amide bonds. The third-order valence-corrected chi connectivity index (χ3v) is 6.22. The maximum atomic E-state index is 2.29. The van der Waals surface area contributed by atoms with Crippen LogP contribution in [0.2, 0.25) is 0 Å². The van der Waals surface area contributed by atoms with E-state index in [9.17, 15) is 0 Å². The highest BCUT2D eigenvalue weighted by molar-refractivity contribution is 7.46. The zero-order valence-electron chi connectivity index (χ0n) is 12.5. The normalized spacial score (nSPS) is 11.6. The largest absolute Gasteiger partial charge is 0.0859 e. The SMILES string of the molecule is c1ccc(PCc2ccc(CPc3ccccc3)cc2)cc1. The lowest BCUT2D eigenvalue weighted by Crippen LogP contribution is -1.94. The molecule has 0 saturated carbocycles. The van der Waals surface area contributed by atoms with Crippen molar-refractivity contribution in [3.63, 3.8) is 0 Å². The van der Waals surface area contributed by atoms with Crippen molar-refractivity contribution in [3.05, 3.63) is 96.1 Å². The molecule has 0 fully saturated rings. The predicted octanol–water partition coefficient (Wildman–Crippen LogP) is 4.69. The fourth-order valence-electron chi connectivity index (χ4n) is 2.30. The van der Waals surface area contributed by atoms with E-state index in [1.165, 1.54) is 21.7 Å². The van der Waals surface area contributed by atoms with Gasteiger partial charge in [0.15, 0.2) is 0 Å². The average Bonchev–Trinajstić information content (AvgIpc) is 2.61. The molecule has 0 heterocycles.